The number of ketones is 1. The van der Waals surface area contributed by atoms with Crippen LogP contribution in [0.15, 0.2) is 16.7 Å². The molecule has 2 saturated heterocycles. The molecule has 3 heterocycles. The van der Waals surface area contributed by atoms with E-state index in [1.54, 1.807) is 6.07 Å². The Kier molecular flexibility index (Phi) is 4.20. The molecule has 0 aromatic carbocycles. The molecule has 1 aromatic rings. The second kappa shape index (κ2) is 6.32. The molecule has 1 aromatic heterocycles. The smallest absolute Gasteiger partial charge is 0.231 e. The van der Waals surface area contributed by atoms with E-state index in [0.717, 1.165) is 43.2 Å². The summed E-state index contributed by atoms with van der Waals surface area (Å²) in [6, 6.07) is 2.06. The molecule has 1 amide bonds. The first kappa shape index (κ1) is 15.3. The minimum Gasteiger partial charge on any atom is -0.461 e. The third-order valence-electron chi connectivity index (χ3n) is 5.19. The Morgan fingerprint density at radius 1 is 1.30 bits per heavy atom. The first-order valence-electron chi connectivity index (χ1n) is 8.45. The number of carbonyl (C=O) groups is 2. The molecular weight excluding hydrogens is 312 g/mol. The molecule has 0 bridgehead atoms. The lowest BCUT2D eigenvalue weighted by Crippen LogP contribution is -2.52. The van der Waals surface area contributed by atoms with Crippen molar-refractivity contribution < 1.29 is 14.0 Å². The molecule has 3 aliphatic rings. The van der Waals surface area contributed by atoms with Gasteiger partial charge in [-0.05, 0) is 32.0 Å². The van der Waals surface area contributed by atoms with Gasteiger partial charge in [-0.2, -0.15) is 11.8 Å². The molecule has 23 heavy (non-hydrogen) atoms. The van der Waals surface area contributed by atoms with Gasteiger partial charge < -0.3 is 14.2 Å². The van der Waals surface area contributed by atoms with E-state index in [1.807, 2.05) is 16.7 Å². The molecule has 2 atom stereocenters. The number of hydrogen-bond donors (Lipinski definition) is 0. The standard InChI is InChI=1S/C17H22N2O3S/c20-15-9-14(13-3-7-22-16(13)15)17(21)19-6-8-23-11-12(19)10-18-4-1-2-5-18/h3,7,12,14H,1-2,4-6,8-11H2. The molecule has 2 unspecified atom stereocenters. The predicted molar refractivity (Wildman–Crippen MR) is 88.9 cm³/mol. The zero-order valence-electron chi connectivity index (χ0n) is 13.2. The largest absolute Gasteiger partial charge is 0.461 e. The van der Waals surface area contributed by atoms with E-state index in [-0.39, 0.29) is 30.1 Å². The zero-order valence-corrected chi connectivity index (χ0v) is 14.0. The normalized spacial score (nSPS) is 28.3. The van der Waals surface area contributed by atoms with Crippen molar-refractivity contribution >= 4 is 23.5 Å². The lowest BCUT2D eigenvalue weighted by atomic mass is 10.0. The molecule has 6 heteroatoms. The summed E-state index contributed by atoms with van der Waals surface area (Å²) in [5, 5.41) is 0. The van der Waals surface area contributed by atoms with Crippen LogP contribution >= 0.6 is 11.8 Å². The summed E-state index contributed by atoms with van der Waals surface area (Å²) in [6.07, 6.45) is 4.33. The second-order valence-electron chi connectivity index (χ2n) is 6.65. The van der Waals surface area contributed by atoms with Gasteiger partial charge in [0.25, 0.3) is 0 Å². The van der Waals surface area contributed by atoms with Gasteiger partial charge >= 0.3 is 0 Å². The highest BCUT2D eigenvalue weighted by atomic mass is 32.2. The first-order valence-corrected chi connectivity index (χ1v) is 9.60. The van der Waals surface area contributed by atoms with Gasteiger partial charge in [-0.15, -0.1) is 0 Å². The quantitative estimate of drug-likeness (QED) is 0.846. The predicted octanol–water partition coefficient (Wildman–Crippen LogP) is 1.99. The Morgan fingerprint density at radius 3 is 2.96 bits per heavy atom. The second-order valence-corrected chi connectivity index (χ2v) is 7.80. The molecule has 0 spiro atoms. The van der Waals surface area contributed by atoms with Crippen molar-refractivity contribution in [1.29, 1.82) is 0 Å². The van der Waals surface area contributed by atoms with Crippen LogP contribution in [0.3, 0.4) is 0 Å². The lowest BCUT2D eigenvalue weighted by molar-refractivity contribution is -0.134. The van der Waals surface area contributed by atoms with Crippen LogP contribution in [0.2, 0.25) is 0 Å². The number of Topliss-reactive ketones (excluding diaryl/α,β-unsaturated/α-hetero) is 1. The van der Waals surface area contributed by atoms with Crippen LogP contribution in [0.25, 0.3) is 0 Å². The number of amides is 1. The molecule has 0 radical (unpaired) electrons. The maximum absolute atomic E-state index is 13.1. The third-order valence-corrected chi connectivity index (χ3v) is 6.28. The van der Waals surface area contributed by atoms with Crippen LogP contribution in [-0.2, 0) is 4.79 Å². The van der Waals surface area contributed by atoms with Crippen molar-refractivity contribution in [3.8, 4) is 0 Å². The SMILES string of the molecule is O=C1CC(C(=O)N2CCSCC2CN2CCCC2)c2ccoc21. The molecule has 2 aliphatic heterocycles. The van der Waals surface area contributed by atoms with Gasteiger partial charge in [0, 0.05) is 36.6 Å². The maximum Gasteiger partial charge on any atom is 0.231 e. The van der Waals surface area contributed by atoms with E-state index in [1.165, 1.54) is 19.1 Å². The fourth-order valence-corrected chi connectivity index (χ4v) is 5.04. The van der Waals surface area contributed by atoms with Crippen molar-refractivity contribution in [2.45, 2.75) is 31.2 Å². The summed E-state index contributed by atoms with van der Waals surface area (Å²) < 4.78 is 5.26. The van der Waals surface area contributed by atoms with Crippen LogP contribution in [-0.4, -0.2) is 65.2 Å². The van der Waals surface area contributed by atoms with E-state index in [9.17, 15) is 9.59 Å². The van der Waals surface area contributed by atoms with Crippen molar-refractivity contribution in [2.75, 3.05) is 37.7 Å². The highest BCUT2D eigenvalue weighted by Crippen LogP contribution is 2.36. The number of carbonyl (C=O) groups excluding carboxylic acids is 2. The Hall–Kier alpha value is -1.27. The molecular formula is C17H22N2O3S. The number of hydrogen-bond acceptors (Lipinski definition) is 5. The molecule has 5 nitrogen and oxygen atoms in total. The van der Waals surface area contributed by atoms with Crippen molar-refractivity contribution in [1.82, 2.24) is 9.80 Å². The van der Waals surface area contributed by atoms with Gasteiger partial charge in [0.05, 0.1) is 18.2 Å². The number of rotatable bonds is 3. The summed E-state index contributed by atoms with van der Waals surface area (Å²) in [6.45, 7) is 4.06. The zero-order chi connectivity index (χ0) is 15.8. The molecule has 1 aliphatic carbocycles. The number of thioether (sulfide) groups is 1. The Labute approximate surface area is 140 Å². The van der Waals surface area contributed by atoms with Crippen LogP contribution in [0.4, 0.5) is 0 Å². The average molecular weight is 334 g/mol. The highest BCUT2D eigenvalue weighted by Gasteiger charge is 2.41. The molecule has 4 rings (SSSR count). The Balaban J connectivity index is 1.50. The summed E-state index contributed by atoms with van der Waals surface area (Å²) >= 11 is 1.93. The fourth-order valence-electron chi connectivity index (χ4n) is 3.99. The number of nitrogens with zero attached hydrogens (tertiary/aromatic N) is 2. The molecule has 0 saturated carbocycles. The molecule has 2 fully saturated rings. The topological polar surface area (TPSA) is 53.8 Å². The Bertz CT molecular complexity index is 609. The first-order chi connectivity index (χ1) is 11.2. The van der Waals surface area contributed by atoms with E-state index in [2.05, 4.69) is 4.90 Å². The van der Waals surface area contributed by atoms with Gasteiger partial charge in [0.2, 0.25) is 5.91 Å². The number of likely N-dealkylation sites (tertiary alicyclic amines) is 1. The van der Waals surface area contributed by atoms with Gasteiger partial charge in [0.15, 0.2) is 11.5 Å². The highest BCUT2D eigenvalue weighted by molar-refractivity contribution is 7.99. The summed E-state index contributed by atoms with van der Waals surface area (Å²) in [5.74, 6) is 2.13. The maximum atomic E-state index is 13.1. The molecule has 124 valence electrons. The third kappa shape index (κ3) is 2.83. The lowest BCUT2D eigenvalue weighted by Gasteiger charge is -2.38. The van der Waals surface area contributed by atoms with Gasteiger partial charge in [-0.3, -0.25) is 9.59 Å². The summed E-state index contributed by atoms with van der Waals surface area (Å²) in [7, 11) is 0. The van der Waals surface area contributed by atoms with E-state index in [0.29, 0.717) is 5.76 Å². The average Bonchev–Trinajstić information content (AvgIpc) is 3.27. The number of fused-ring (bicyclic) bond motifs is 1. The van der Waals surface area contributed by atoms with Crippen molar-refractivity contribution in [3.05, 3.63) is 23.7 Å². The summed E-state index contributed by atoms with van der Waals surface area (Å²) in [4.78, 5) is 29.6. The van der Waals surface area contributed by atoms with Gasteiger partial charge in [-0.25, -0.2) is 0 Å². The van der Waals surface area contributed by atoms with Crippen LogP contribution < -0.4 is 0 Å². The van der Waals surface area contributed by atoms with Crippen molar-refractivity contribution in [3.63, 3.8) is 0 Å². The molecule has 0 N–H and O–H groups in total. The van der Waals surface area contributed by atoms with E-state index in [4.69, 9.17) is 4.42 Å². The van der Waals surface area contributed by atoms with Crippen LogP contribution in [0.1, 0.15) is 41.3 Å². The Morgan fingerprint density at radius 2 is 2.13 bits per heavy atom. The summed E-state index contributed by atoms with van der Waals surface area (Å²) in [5.41, 5.74) is 0.790. The van der Waals surface area contributed by atoms with Gasteiger partial charge in [0.1, 0.15) is 0 Å². The monoisotopic (exact) mass is 334 g/mol. The fraction of sp³-hybridized carbons (Fsp3) is 0.647. The van der Waals surface area contributed by atoms with E-state index >= 15 is 0 Å². The van der Waals surface area contributed by atoms with Crippen LogP contribution in [0, 0.1) is 0 Å². The van der Waals surface area contributed by atoms with Crippen molar-refractivity contribution in [2.24, 2.45) is 0 Å². The minimum absolute atomic E-state index is 0.0363. The van der Waals surface area contributed by atoms with Gasteiger partial charge in [-0.1, -0.05) is 0 Å². The van der Waals surface area contributed by atoms with Crippen LogP contribution in [0.5, 0.6) is 0 Å². The minimum atomic E-state index is -0.333. The number of furan rings is 1. The van der Waals surface area contributed by atoms with E-state index < -0.39 is 0 Å².